The van der Waals surface area contributed by atoms with Crippen LogP contribution in [0.4, 0.5) is 0 Å². The predicted molar refractivity (Wildman–Crippen MR) is 222 cm³/mol. The molecular formula is C48H62HfSi. The molecule has 0 fully saturated rings. The van der Waals surface area contributed by atoms with E-state index in [2.05, 4.69) is 202 Å². The standard InChI is InChI=1S/2C19H19.C8H18Si.2CH3.Hf/c2*1-19(2,3)16-10-4-9-15(13-16)18-12-6-8-14-7-5-11-17(14)18;1-7(2,3)9-8(4,5)6;;;/h2*4-13H,1-3H3;1-6H3;2*1H3;. The molecule has 2 heteroatoms. The van der Waals surface area contributed by atoms with Crippen LogP contribution >= 0.6 is 0 Å². The van der Waals surface area contributed by atoms with E-state index in [-0.39, 0.29) is 20.9 Å². The number of rotatable bonds is 4. The van der Waals surface area contributed by atoms with Gasteiger partial charge in [-0.15, -0.1) is 0 Å². The van der Waals surface area contributed by atoms with E-state index >= 15 is 0 Å². The van der Waals surface area contributed by atoms with Gasteiger partial charge in [0, 0.05) is 0 Å². The Morgan fingerprint density at radius 1 is 0.480 bits per heavy atom. The molecule has 6 rings (SSSR count). The maximum atomic E-state index is 2.91. The van der Waals surface area contributed by atoms with Gasteiger partial charge in [0.2, 0.25) is 0 Å². The number of fused-ring (bicyclic) bond motifs is 2. The summed E-state index contributed by atoms with van der Waals surface area (Å²) >= 11 is -4.21. The van der Waals surface area contributed by atoms with Crippen molar-refractivity contribution in [1.29, 1.82) is 0 Å². The summed E-state index contributed by atoms with van der Waals surface area (Å²) in [6, 6.07) is 33.1. The zero-order valence-corrected chi connectivity index (χ0v) is 38.1. The Bertz CT molecular complexity index is 1960. The van der Waals surface area contributed by atoms with Crippen molar-refractivity contribution in [3.63, 3.8) is 0 Å². The van der Waals surface area contributed by atoms with E-state index in [1.54, 1.807) is 11.1 Å². The van der Waals surface area contributed by atoms with Crippen molar-refractivity contribution < 1.29 is 17.1 Å². The molecule has 2 aliphatic rings. The molecule has 4 aromatic rings. The van der Waals surface area contributed by atoms with Crippen LogP contribution in [0.5, 0.6) is 0 Å². The molecule has 2 atom stereocenters. The third kappa shape index (κ3) is 6.29. The molecule has 0 aromatic heterocycles. The summed E-state index contributed by atoms with van der Waals surface area (Å²) in [5.41, 5.74) is 13.6. The fourth-order valence-corrected chi connectivity index (χ4v) is 95.5. The molecular weight excluding hydrogens is 783 g/mol. The second-order valence-corrected chi connectivity index (χ2v) is 65.7. The first-order chi connectivity index (χ1) is 23.0. The Morgan fingerprint density at radius 2 is 0.840 bits per heavy atom. The van der Waals surface area contributed by atoms with E-state index in [1.807, 2.05) is 0 Å². The van der Waals surface area contributed by atoms with Gasteiger partial charge in [-0.1, -0.05) is 0 Å². The van der Waals surface area contributed by atoms with Crippen LogP contribution in [0.3, 0.4) is 0 Å². The van der Waals surface area contributed by atoms with Crippen LogP contribution in [0.2, 0.25) is 19.4 Å². The Kier molecular flexibility index (Phi) is 9.13. The molecule has 4 aromatic carbocycles. The predicted octanol–water partition coefficient (Wildman–Crippen LogP) is 14.8. The van der Waals surface area contributed by atoms with Crippen molar-refractivity contribution in [2.45, 2.75) is 121 Å². The van der Waals surface area contributed by atoms with Gasteiger partial charge < -0.3 is 0 Å². The van der Waals surface area contributed by atoms with Gasteiger partial charge in [-0.25, -0.2) is 0 Å². The molecule has 262 valence electrons. The summed E-state index contributed by atoms with van der Waals surface area (Å²) in [5, 5.41) is 0.485. The van der Waals surface area contributed by atoms with E-state index < -0.39 is 22.6 Å². The zero-order valence-electron chi connectivity index (χ0n) is 33.5. The number of allylic oxidation sites excluding steroid dienone is 2. The van der Waals surface area contributed by atoms with Gasteiger partial charge in [0.05, 0.1) is 0 Å². The molecule has 0 aliphatic heterocycles. The third-order valence-corrected chi connectivity index (χ3v) is 72.4. The monoisotopic (exact) mass is 846 g/mol. The molecule has 2 unspecified atom stereocenters. The molecule has 50 heavy (non-hydrogen) atoms. The Hall–Kier alpha value is -2.55. The van der Waals surface area contributed by atoms with E-state index in [1.165, 1.54) is 44.5 Å². The van der Waals surface area contributed by atoms with Crippen molar-refractivity contribution in [2.75, 3.05) is 0 Å². The third-order valence-electron chi connectivity index (χ3n) is 12.1. The fraction of sp³-hybridized carbons (Fsp3) is 0.417. The average molecular weight is 846 g/mol. The normalized spacial score (nSPS) is 18.0. The Labute approximate surface area is 306 Å². The van der Waals surface area contributed by atoms with Crippen molar-refractivity contribution in [1.82, 2.24) is 0 Å². The molecule has 2 aliphatic carbocycles. The molecule has 0 saturated heterocycles. The van der Waals surface area contributed by atoms with Crippen molar-refractivity contribution in [3.05, 3.63) is 130 Å². The molecule has 0 saturated carbocycles. The molecule has 0 heterocycles. The fourth-order valence-electron chi connectivity index (χ4n) is 11.0. The second-order valence-electron chi connectivity index (χ2n) is 20.4. The van der Waals surface area contributed by atoms with Gasteiger partial charge in [-0.3, -0.25) is 0 Å². The Balaban J connectivity index is 1.62. The van der Waals surface area contributed by atoms with Crippen LogP contribution < -0.4 is 0 Å². The Morgan fingerprint density at radius 3 is 1.18 bits per heavy atom. The van der Waals surface area contributed by atoms with Gasteiger partial charge >= 0.3 is 308 Å². The van der Waals surface area contributed by atoms with Crippen LogP contribution in [0.25, 0.3) is 34.4 Å². The molecule has 0 radical (unpaired) electrons. The summed E-state index contributed by atoms with van der Waals surface area (Å²) in [5.74, 6) is 0. The first kappa shape index (κ1) is 37.2. The zero-order chi connectivity index (χ0) is 36.7. The summed E-state index contributed by atoms with van der Waals surface area (Å²) in [6.07, 6.45) is 10.4. The average Bonchev–Trinajstić information content (AvgIpc) is 3.65. The number of hydrogen-bond acceptors (Lipinski definition) is 0. The van der Waals surface area contributed by atoms with E-state index in [0.29, 0.717) is 7.35 Å². The van der Waals surface area contributed by atoms with Crippen LogP contribution in [0.15, 0.2) is 97.1 Å². The van der Waals surface area contributed by atoms with E-state index in [4.69, 9.17) is 0 Å². The molecule has 0 spiro atoms. The maximum absolute atomic E-state index is 4.21. The molecule has 0 N–H and O–H groups in total. The van der Waals surface area contributed by atoms with Gasteiger partial charge in [-0.2, -0.15) is 0 Å². The first-order valence-electron chi connectivity index (χ1n) is 18.9. The van der Waals surface area contributed by atoms with Gasteiger partial charge in [-0.05, 0) is 0 Å². The minimum atomic E-state index is -4.21. The topological polar surface area (TPSA) is 0 Å². The summed E-state index contributed by atoms with van der Waals surface area (Å²) < 4.78 is 6.79. The minimum absolute atomic E-state index is 0.112. The van der Waals surface area contributed by atoms with E-state index in [0.717, 1.165) is 0 Å². The molecule has 0 amide bonds. The van der Waals surface area contributed by atoms with Crippen molar-refractivity contribution in [2.24, 2.45) is 0 Å². The van der Waals surface area contributed by atoms with Gasteiger partial charge in [0.25, 0.3) is 0 Å². The van der Waals surface area contributed by atoms with Crippen LogP contribution in [-0.4, -0.2) is 5.49 Å². The number of hydrogen-bond donors (Lipinski definition) is 0. The molecule has 0 nitrogen and oxygen atoms in total. The van der Waals surface area contributed by atoms with Crippen molar-refractivity contribution in [3.8, 4) is 22.3 Å². The number of benzene rings is 4. The first-order valence-corrected chi connectivity index (χ1v) is 37.2. The quantitative estimate of drug-likeness (QED) is 0.180. The van der Waals surface area contributed by atoms with E-state index in [9.17, 15) is 0 Å². The van der Waals surface area contributed by atoms with Crippen LogP contribution in [0.1, 0.15) is 124 Å². The van der Waals surface area contributed by atoms with Crippen molar-refractivity contribution >= 4 is 17.6 Å². The summed E-state index contributed by atoms with van der Waals surface area (Å²) in [4.78, 5) is 0. The molecule has 0 bridgehead atoms. The van der Waals surface area contributed by atoms with Gasteiger partial charge in [0.1, 0.15) is 0 Å². The second kappa shape index (κ2) is 12.3. The summed E-state index contributed by atoms with van der Waals surface area (Å²) in [7, 11) is 0. The van der Waals surface area contributed by atoms with Crippen LogP contribution in [0, 0.1) is 0 Å². The summed E-state index contributed by atoms with van der Waals surface area (Å²) in [6.45, 7) is 29.4. The van der Waals surface area contributed by atoms with Crippen LogP contribution in [-0.2, 0) is 28.0 Å². The SMILES string of the molecule is CC(C)(C)c1cccc(-c2cccc3c2C=C[CH]3[Hf]([CH3])([CH3])([CH]2C=Cc3c(-c4cccc(C(C)(C)C)c4)cccc32)=[Si](C(C)(C)C)C(C)(C)C)c1. The van der Waals surface area contributed by atoms with Gasteiger partial charge in [0.15, 0.2) is 0 Å².